The summed E-state index contributed by atoms with van der Waals surface area (Å²) >= 11 is 0. The topological polar surface area (TPSA) is 73.2 Å². The van der Waals surface area contributed by atoms with E-state index in [1.165, 1.54) is 0 Å². The summed E-state index contributed by atoms with van der Waals surface area (Å²) in [6.45, 7) is 4.58. The van der Waals surface area contributed by atoms with Gasteiger partial charge in [0.05, 0.1) is 25.4 Å². The van der Waals surface area contributed by atoms with Crippen LogP contribution < -0.4 is 4.74 Å². The van der Waals surface area contributed by atoms with Gasteiger partial charge in [-0.25, -0.2) is 0 Å². The van der Waals surface area contributed by atoms with Crippen molar-refractivity contribution in [3.8, 4) is 5.75 Å². The van der Waals surface area contributed by atoms with Gasteiger partial charge < -0.3 is 20.1 Å². The van der Waals surface area contributed by atoms with Crippen LogP contribution in [0.5, 0.6) is 5.75 Å². The first-order chi connectivity index (χ1) is 10.1. The standard InChI is InChI=1S/C16H25NO4/c1-2-7-21-16-4-3-12(8-13(16)11-18)9-17-6-5-14(19)15(20)10-17/h3-4,8,14-15,18-20H,2,5-7,9-11H2,1H3/t14-,15-/m0/s1. The third-order valence-corrected chi connectivity index (χ3v) is 3.79. The maximum atomic E-state index is 9.72. The Morgan fingerprint density at radius 1 is 1.29 bits per heavy atom. The SMILES string of the molecule is CCCOc1ccc(CN2CC[C@H](O)[C@@H](O)C2)cc1CO. The predicted molar refractivity (Wildman–Crippen MR) is 80.1 cm³/mol. The monoisotopic (exact) mass is 295 g/mol. The van der Waals surface area contributed by atoms with E-state index < -0.39 is 12.2 Å². The third-order valence-electron chi connectivity index (χ3n) is 3.79. The van der Waals surface area contributed by atoms with E-state index in [-0.39, 0.29) is 6.61 Å². The molecule has 3 N–H and O–H groups in total. The van der Waals surface area contributed by atoms with Crippen LogP contribution in [0.3, 0.4) is 0 Å². The number of rotatable bonds is 6. The van der Waals surface area contributed by atoms with Crippen molar-refractivity contribution in [3.05, 3.63) is 29.3 Å². The van der Waals surface area contributed by atoms with Gasteiger partial charge in [0.2, 0.25) is 0 Å². The zero-order valence-corrected chi connectivity index (χ0v) is 12.5. The van der Waals surface area contributed by atoms with Crippen molar-refractivity contribution in [2.75, 3.05) is 19.7 Å². The molecule has 1 saturated heterocycles. The first kappa shape index (κ1) is 16.2. The molecular weight excluding hydrogens is 270 g/mol. The molecule has 2 atom stereocenters. The molecular formula is C16H25NO4. The minimum atomic E-state index is -0.678. The van der Waals surface area contributed by atoms with Crippen LogP contribution in [0.2, 0.25) is 0 Å². The number of ether oxygens (including phenoxy) is 1. The molecule has 0 spiro atoms. The van der Waals surface area contributed by atoms with Gasteiger partial charge in [-0.1, -0.05) is 13.0 Å². The Morgan fingerprint density at radius 2 is 2.10 bits per heavy atom. The Bertz CT molecular complexity index is 452. The van der Waals surface area contributed by atoms with Crippen LogP contribution in [-0.4, -0.2) is 52.1 Å². The highest BCUT2D eigenvalue weighted by Gasteiger charge is 2.25. The molecule has 1 aromatic carbocycles. The van der Waals surface area contributed by atoms with E-state index in [1.807, 2.05) is 25.1 Å². The zero-order chi connectivity index (χ0) is 15.2. The maximum Gasteiger partial charge on any atom is 0.124 e. The molecule has 1 heterocycles. The zero-order valence-electron chi connectivity index (χ0n) is 12.5. The molecule has 0 unspecified atom stereocenters. The average Bonchev–Trinajstić information content (AvgIpc) is 2.49. The fourth-order valence-corrected chi connectivity index (χ4v) is 2.59. The molecule has 1 aliphatic rings. The molecule has 5 heteroatoms. The molecule has 0 amide bonds. The third kappa shape index (κ3) is 4.41. The van der Waals surface area contributed by atoms with Crippen LogP contribution in [0.25, 0.3) is 0 Å². The number of likely N-dealkylation sites (tertiary alicyclic amines) is 1. The van der Waals surface area contributed by atoms with Gasteiger partial charge in [-0.05, 0) is 30.5 Å². The molecule has 5 nitrogen and oxygen atoms in total. The highest BCUT2D eigenvalue weighted by Crippen LogP contribution is 2.22. The lowest BCUT2D eigenvalue weighted by Crippen LogP contribution is -2.46. The van der Waals surface area contributed by atoms with E-state index in [9.17, 15) is 15.3 Å². The van der Waals surface area contributed by atoms with E-state index >= 15 is 0 Å². The molecule has 0 aromatic heterocycles. The lowest BCUT2D eigenvalue weighted by molar-refractivity contribution is -0.0403. The van der Waals surface area contributed by atoms with Gasteiger partial charge in [0.15, 0.2) is 0 Å². The second-order valence-corrected chi connectivity index (χ2v) is 5.61. The number of benzene rings is 1. The smallest absolute Gasteiger partial charge is 0.124 e. The number of hydrogen-bond acceptors (Lipinski definition) is 5. The minimum Gasteiger partial charge on any atom is -0.493 e. The van der Waals surface area contributed by atoms with Gasteiger partial charge in [0, 0.05) is 25.2 Å². The second-order valence-electron chi connectivity index (χ2n) is 5.61. The number of nitrogens with zero attached hydrogens (tertiary/aromatic N) is 1. The molecule has 2 rings (SSSR count). The average molecular weight is 295 g/mol. The van der Waals surface area contributed by atoms with Crippen molar-refractivity contribution < 1.29 is 20.1 Å². The quantitative estimate of drug-likeness (QED) is 0.727. The molecule has 0 saturated carbocycles. The van der Waals surface area contributed by atoms with Crippen molar-refractivity contribution in [2.24, 2.45) is 0 Å². The Labute approximate surface area is 125 Å². The van der Waals surface area contributed by atoms with Gasteiger partial charge in [-0.3, -0.25) is 4.90 Å². The summed E-state index contributed by atoms with van der Waals surface area (Å²) in [4.78, 5) is 2.11. The lowest BCUT2D eigenvalue weighted by atomic mass is 10.0. The number of piperidine rings is 1. The first-order valence-corrected chi connectivity index (χ1v) is 7.58. The van der Waals surface area contributed by atoms with Crippen molar-refractivity contribution in [2.45, 2.75) is 45.1 Å². The summed E-state index contributed by atoms with van der Waals surface area (Å²) in [5.41, 5.74) is 1.87. The van der Waals surface area contributed by atoms with Crippen LogP contribution in [-0.2, 0) is 13.2 Å². The Balaban J connectivity index is 2.00. The van der Waals surface area contributed by atoms with Gasteiger partial charge in [0.1, 0.15) is 5.75 Å². The highest BCUT2D eigenvalue weighted by atomic mass is 16.5. The van der Waals surface area contributed by atoms with Crippen LogP contribution in [0.1, 0.15) is 30.9 Å². The van der Waals surface area contributed by atoms with Crippen molar-refractivity contribution in [3.63, 3.8) is 0 Å². The Morgan fingerprint density at radius 3 is 2.76 bits per heavy atom. The number of β-amino-alcohol motifs (C(OH)–C–C–N with tert-alkyl or cyclic N) is 1. The van der Waals surface area contributed by atoms with Crippen molar-refractivity contribution >= 4 is 0 Å². The fourth-order valence-electron chi connectivity index (χ4n) is 2.59. The largest absolute Gasteiger partial charge is 0.493 e. The Kier molecular flexibility index (Phi) is 5.99. The summed E-state index contributed by atoms with van der Waals surface area (Å²) in [5, 5.41) is 28.7. The minimum absolute atomic E-state index is 0.0474. The summed E-state index contributed by atoms with van der Waals surface area (Å²) in [6, 6.07) is 5.83. The molecule has 0 aliphatic carbocycles. The van der Waals surface area contributed by atoms with Gasteiger partial charge in [0.25, 0.3) is 0 Å². The Hall–Kier alpha value is -1.14. The normalized spacial score (nSPS) is 23.2. The molecule has 1 aromatic rings. The van der Waals surface area contributed by atoms with E-state index in [0.29, 0.717) is 26.1 Å². The van der Waals surface area contributed by atoms with Crippen molar-refractivity contribution in [1.29, 1.82) is 0 Å². The van der Waals surface area contributed by atoms with Crippen LogP contribution in [0, 0.1) is 0 Å². The van der Waals surface area contributed by atoms with Gasteiger partial charge in [-0.15, -0.1) is 0 Å². The fraction of sp³-hybridized carbons (Fsp3) is 0.625. The van der Waals surface area contributed by atoms with Crippen LogP contribution >= 0.6 is 0 Å². The molecule has 0 bridgehead atoms. The first-order valence-electron chi connectivity index (χ1n) is 7.58. The summed E-state index contributed by atoms with van der Waals surface area (Å²) in [7, 11) is 0. The number of aliphatic hydroxyl groups excluding tert-OH is 3. The molecule has 1 aliphatic heterocycles. The van der Waals surface area contributed by atoms with E-state index in [1.54, 1.807) is 0 Å². The summed E-state index contributed by atoms with van der Waals surface area (Å²) in [6.07, 6.45) is 0.231. The summed E-state index contributed by atoms with van der Waals surface area (Å²) in [5.74, 6) is 0.734. The van der Waals surface area contributed by atoms with E-state index in [0.717, 1.165) is 29.8 Å². The second kappa shape index (κ2) is 7.75. The molecule has 0 radical (unpaired) electrons. The number of aliphatic hydroxyl groups is 3. The van der Waals surface area contributed by atoms with Gasteiger partial charge >= 0.3 is 0 Å². The van der Waals surface area contributed by atoms with Crippen LogP contribution in [0.15, 0.2) is 18.2 Å². The van der Waals surface area contributed by atoms with E-state index in [4.69, 9.17) is 4.74 Å². The molecule has 118 valence electrons. The highest BCUT2D eigenvalue weighted by molar-refractivity contribution is 5.37. The van der Waals surface area contributed by atoms with Crippen LogP contribution in [0.4, 0.5) is 0 Å². The van der Waals surface area contributed by atoms with Gasteiger partial charge in [-0.2, -0.15) is 0 Å². The molecule has 21 heavy (non-hydrogen) atoms. The molecule has 1 fully saturated rings. The lowest BCUT2D eigenvalue weighted by Gasteiger charge is -2.33. The maximum absolute atomic E-state index is 9.72. The van der Waals surface area contributed by atoms with E-state index in [2.05, 4.69) is 4.90 Å². The summed E-state index contributed by atoms with van der Waals surface area (Å²) < 4.78 is 5.61. The van der Waals surface area contributed by atoms with Crippen molar-refractivity contribution in [1.82, 2.24) is 4.90 Å². The predicted octanol–water partition coefficient (Wildman–Crippen LogP) is 0.895. The number of hydrogen-bond donors (Lipinski definition) is 3.